The van der Waals surface area contributed by atoms with Crippen LogP contribution in [0.3, 0.4) is 0 Å². The topological polar surface area (TPSA) is 74.6 Å². The number of rotatable bonds is 9. The third-order valence-corrected chi connectivity index (χ3v) is 4.33. The van der Waals surface area contributed by atoms with Crippen molar-refractivity contribution < 1.29 is 0 Å². The van der Waals surface area contributed by atoms with Gasteiger partial charge in [0.25, 0.3) is 0 Å². The molecule has 0 amide bonds. The monoisotopic (exact) mass is 300 g/mol. The Kier molecular flexibility index (Phi) is 8.35. The predicted molar refractivity (Wildman–Crippen MR) is 85.5 cm³/mol. The fourth-order valence-electron chi connectivity index (χ4n) is 1.39. The van der Waals surface area contributed by atoms with Gasteiger partial charge in [-0.3, -0.25) is 0 Å². The maximum atomic E-state index is 4.12. The Morgan fingerprint density at radius 1 is 1.37 bits per heavy atom. The lowest BCUT2D eigenvalue weighted by Crippen LogP contribution is -2.07. The summed E-state index contributed by atoms with van der Waals surface area (Å²) in [6.45, 7) is 3.40. The first kappa shape index (κ1) is 16.1. The van der Waals surface area contributed by atoms with E-state index in [1.165, 1.54) is 0 Å². The average molecular weight is 300 g/mol. The van der Waals surface area contributed by atoms with Crippen LogP contribution in [0.2, 0.25) is 0 Å². The molecular formula is C11H20N6S2. The van der Waals surface area contributed by atoms with Crippen LogP contribution in [0, 0.1) is 0 Å². The van der Waals surface area contributed by atoms with Gasteiger partial charge in [-0.15, -0.1) is 15.3 Å². The second-order valence-electron chi connectivity index (χ2n) is 3.74. The van der Waals surface area contributed by atoms with E-state index in [0.717, 1.165) is 46.7 Å². The Labute approximate surface area is 122 Å². The summed E-state index contributed by atoms with van der Waals surface area (Å²) >= 11 is 3.28. The zero-order valence-electron chi connectivity index (χ0n) is 11.3. The molecule has 0 aliphatic rings. The second kappa shape index (κ2) is 9.88. The number of hydrogen-bond donors (Lipinski definition) is 2. The van der Waals surface area contributed by atoms with Crippen molar-refractivity contribution in [3.8, 4) is 0 Å². The van der Waals surface area contributed by atoms with Gasteiger partial charge in [0, 0.05) is 26.1 Å². The lowest BCUT2D eigenvalue weighted by Gasteiger charge is -2.03. The first-order valence-electron chi connectivity index (χ1n) is 6.10. The molecule has 2 N–H and O–H groups in total. The van der Waals surface area contributed by atoms with Gasteiger partial charge in [0.15, 0.2) is 0 Å². The van der Waals surface area contributed by atoms with Gasteiger partial charge in [-0.05, 0) is 26.3 Å². The van der Waals surface area contributed by atoms with Gasteiger partial charge in [-0.25, -0.2) is 0 Å². The summed E-state index contributed by atoms with van der Waals surface area (Å²) in [7, 11) is 3.77. The number of aryl methyl sites for hydroxylation is 1. The number of anilines is 1. The second-order valence-corrected chi connectivity index (χ2v) is 5.85. The molecule has 0 aromatic carbocycles. The molecule has 0 unspecified atom stereocenters. The van der Waals surface area contributed by atoms with Gasteiger partial charge in [0.1, 0.15) is 5.01 Å². The molecule has 6 nitrogen and oxygen atoms in total. The van der Waals surface area contributed by atoms with Crippen LogP contribution in [0.5, 0.6) is 0 Å². The largest absolute Gasteiger partial charge is 0.363 e. The van der Waals surface area contributed by atoms with Crippen LogP contribution in [0.25, 0.3) is 0 Å². The molecule has 0 aliphatic carbocycles. The number of hydrogen-bond acceptors (Lipinski definition) is 8. The van der Waals surface area contributed by atoms with E-state index in [2.05, 4.69) is 37.8 Å². The third kappa shape index (κ3) is 6.65. The van der Waals surface area contributed by atoms with E-state index < -0.39 is 0 Å². The molecule has 8 heteroatoms. The van der Waals surface area contributed by atoms with Crippen LogP contribution in [-0.4, -0.2) is 41.9 Å². The van der Waals surface area contributed by atoms with Crippen molar-refractivity contribution >= 4 is 40.0 Å². The molecule has 0 fully saturated rings. The molecule has 1 rings (SSSR count). The fraction of sp³-hybridized carbons (Fsp3) is 0.636. The first-order chi connectivity index (χ1) is 9.30. The van der Waals surface area contributed by atoms with Crippen molar-refractivity contribution in [3.63, 3.8) is 0 Å². The van der Waals surface area contributed by atoms with Crippen molar-refractivity contribution in [2.24, 2.45) is 10.2 Å². The van der Waals surface area contributed by atoms with Gasteiger partial charge in [0.2, 0.25) is 5.13 Å². The summed E-state index contributed by atoms with van der Waals surface area (Å²) in [4.78, 5) is 0. The Hall–Kier alpha value is -0.990. The first-order valence-corrected chi connectivity index (χ1v) is 7.90. The molecule has 0 saturated carbocycles. The minimum atomic E-state index is 0.844. The zero-order chi connectivity index (χ0) is 13.9. The molecule has 0 bridgehead atoms. The van der Waals surface area contributed by atoms with Crippen molar-refractivity contribution in [3.05, 3.63) is 5.01 Å². The number of nitrogens with one attached hydrogen (secondary N) is 2. The van der Waals surface area contributed by atoms with Crippen LogP contribution in [0.1, 0.15) is 24.3 Å². The molecule has 0 radical (unpaired) electrons. The highest BCUT2D eigenvalue weighted by Crippen LogP contribution is 2.17. The predicted octanol–water partition coefficient (Wildman–Crippen LogP) is 2.22. The molecule has 1 aromatic rings. The normalized spacial score (nSPS) is 11.6. The van der Waals surface area contributed by atoms with E-state index in [4.69, 9.17) is 0 Å². The maximum Gasteiger partial charge on any atom is 0.205 e. The van der Waals surface area contributed by atoms with E-state index >= 15 is 0 Å². The van der Waals surface area contributed by atoms with Crippen molar-refractivity contribution in [2.45, 2.75) is 25.7 Å². The van der Waals surface area contributed by atoms with E-state index in [-0.39, 0.29) is 0 Å². The average Bonchev–Trinajstić information content (AvgIpc) is 2.88. The Morgan fingerprint density at radius 3 is 2.84 bits per heavy atom. The number of aromatic nitrogens is 2. The number of thioether (sulfide) groups is 1. The molecule has 0 aliphatic heterocycles. The van der Waals surface area contributed by atoms with E-state index in [1.807, 2.05) is 14.1 Å². The SMILES string of the molecule is C=N/N=C(/CCCCc1nnc(NC)s1)SCNC. The van der Waals surface area contributed by atoms with Gasteiger partial charge in [-0.1, -0.05) is 23.1 Å². The molecule has 106 valence electrons. The highest BCUT2D eigenvalue weighted by atomic mass is 32.2. The van der Waals surface area contributed by atoms with E-state index in [0.29, 0.717) is 0 Å². The molecule has 1 heterocycles. The molecule has 0 atom stereocenters. The molecule has 0 spiro atoms. The van der Waals surface area contributed by atoms with Crippen LogP contribution in [-0.2, 0) is 6.42 Å². The smallest absolute Gasteiger partial charge is 0.205 e. The summed E-state index contributed by atoms with van der Waals surface area (Å²) in [5.74, 6) is 0.844. The molecule has 1 aromatic heterocycles. The quantitative estimate of drug-likeness (QED) is 0.240. The molecule has 0 saturated heterocycles. The molecule has 19 heavy (non-hydrogen) atoms. The van der Waals surface area contributed by atoms with E-state index in [9.17, 15) is 0 Å². The maximum absolute atomic E-state index is 4.12. The summed E-state index contributed by atoms with van der Waals surface area (Å²) in [6.07, 6.45) is 4.04. The van der Waals surface area contributed by atoms with Gasteiger partial charge in [-0.2, -0.15) is 5.10 Å². The minimum absolute atomic E-state index is 0.844. The lowest BCUT2D eigenvalue weighted by molar-refractivity contribution is 0.752. The summed E-state index contributed by atoms with van der Waals surface area (Å²) in [5, 5.41) is 24.8. The van der Waals surface area contributed by atoms with Crippen LogP contribution < -0.4 is 10.6 Å². The summed E-state index contributed by atoms with van der Waals surface area (Å²) in [5.41, 5.74) is 0. The molecular weight excluding hydrogens is 280 g/mol. The summed E-state index contributed by atoms with van der Waals surface area (Å²) in [6, 6.07) is 0. The van der Waals surface area contributed by atoms with Crippen LogP contribution in [0.15, 0.2) is 10.2 Å². The van der Waals surface area contributed by atoms with Crippen LogP contribution >= 0.6 is 23.1 Å². The number of unbranched alkanes of at least 4 members (excludes halogenated alkanes) is 1. The van der Waals surface area contributed by atoms with Crippen LogP contribution in [0.4, 0.5) is 5.13 Å². The van der Waals surface area contributed by atoms with Gasteiger partial charge >= 0.3 is 0 Å². The van der Waals surface area contributed by atoms with E-state index in [1.54, 1.807) is 23.1 Å². The highest BCUT2D eigenvalue weighted by Gasteiger charge is 2.04. The Morgan fingerprint density at radius 2 is 2.21 bits per heavy atom. The standard InChI is InChI=1S/C11H20N6S2/c1-12-8-18-9(15-14-3)6-4-5-7-10-16-17-11(13-2)19-10/h12H,3-8H2,1-2H3,(H,13,17)/b15-9-. The third-order valence-electron chi connectivity index (χ3n) is 2.28. The number of nitrogens with zero attached hydrogens (tertiary/aromatic N) is 4. The summed E-state index contributed by atoms with van der Waals surface area (Å²) < 4.78 is 0. The highest BCUT2D eigenvalue weighted by molar-refractivity contribution is 8.13. The van der Waals surface area contributed by atoms with Crippen molar-refractivity contribution in [1.29, 1.82) is 0 Å². The van der Waals surface area contributed by atoms with Crippen molar-refractivity contribution in [2.75, 3.05) is 25.3 Å². The van der Waals surface area contributed by atoms with Crippen molar-refractivity contribution in [1.82, 2.24) is 15.5 Å². The zero-order valence-corrected chi connectivity index (χ0v) is 13.0. The van der Waals surface area contributed by atoms with Gasteiger partial charge in [0.05, 0.1) is 5.04 Å². The fourth-order valence-corrected chi connectivity index (χ4v) is 2.84. The Bertz CT molecular complexity index is 404. The minimum Gasteiger partial charge on any atom is -0.363 e. The Balaban J connectivity index is 2.24. The lowest BCUT2D eigenvalue weighted by atomic mass is 10.2. The van der Waals surface area contributed by atoms with Gasteiger partial charge < -0.3 is 10.6 Å².